The van der Waals surface area contributed by atoms with Crippen LogP contribution in [-0.4, -0.2) is 90.8 Å². The topological polar surface area (TPSA) is 148 Å². The molecule has 0 bridgehead atoms. The molecule has 0 spiro atoms. The molecule has 2 amide bonds. The molecule has 55 heavy (non-hydrogen) atoms. The molecule has 2 aromatic carbocycles. The second-order valence-electron chi connectivity index (χ2n) is 13.9. The average molecular weight is 786 g/mol. The Kier molecular flexibility index (Phi) is 15.4. The second-order valence-corrected chi connectivity index (χ2v) is 14.3. The number of nitrogens with zero attached hydrogens (tertiary/aromatic N) is 2. The van der Waals surface area contributed by atoms with E-state index < -0.39 is 35.8 Å². The Morgan fingerprint density at radius 1 is 1.13 bits per heavy atom. The number of benzene rings is 2. The van der Waals surface area contributed by atoms with Gasteiger partial charge in [0.2, 0.25) is 5.79 Å². The molecule has 1 saturated carbocycles. The Morgan fingerprint density at radius 2 is 1.87 bits per heavy atom. The van der Waals surface area contributed by atoms with Crippen molar-refractivity contribution in [2.45, 2.75) is 76.2 Å². The summed E-state index contributed by atoms with van der Waals surface area (Å²) in [6.07, 6.45) is 6.98. The summed E-state index contributed by atoms with van der Waals surface area (Å²) in [6, 6.07) is 10.3. The van der Waals surface area contributed by atoms with E-state index in [0.29, 0.717) is 42.2 Å². The number of alkyl halides is 1. The standard InChI is InChI=1S/C41H53ClFN3O9/c1-4-21-53-41-36(46(40(50)52-22-18-42)26-27-12-14-29(43)15-13-27)25-34(45-51-3)32-23-28(10-6-8-19-47)31(11-7-9-20-48)37(38(32)41)33-24-30(16-17-35(33)55-41)54-39(49)44-5-2/h4,12-17,23-24,28,31,36-38,47-48H,1,5-11,18-22,25-26H2,2-3H3,(H,44,49). The van der Waals surface area contributed by atoms with Gasteiger partial charge in [0.05, 0.1) is 24.1 Å². The summed E-state index contributed by atoms with van der Waals surface area (Å²) in [5.74, 6) is -2.01. The van der Waals surface area contributed by atoms with Gasteiger partial charge >= 0.3 is 12.2 Å². The summed E-state index contributed by atoms with van der Waals surface area (Å²) in [5.41, 5.74) is 2.88. The number of rotatable bonds is 19. The molecule has 6 unspecified atom stereocenters. The first-order chi connectivity index (χ1) is 26.7. The lowest BCUT2D eigenvalue weighted by Gasteiger charge is -2.59. The number of halogens is 2. The van der Waals surface area contributed by atoms with Crippen molar-refractivity contribution in [1.29, 1.82) is 0 Å². The lowest BCUT2D eigenvalue weighted by Crippen LogP contribution is -2.70. The van der Waals surface area contributed by atoms with Crippen molar-refractivity contribution >= 4 is 29.5 Å². The third-order valence-corrected chi connectivity index (χ3v) is 10.7. The van der Waals surface area contributed by atoms with Crippen molar-refractivity contribution in [3.8, 4) is 11.5 Å². The molecule has 1 fully saturated rings. The second kappa shape index (κ2) is 20.1. The maximum absolute atomic E-state index is 14.2. The van der Waals surface area contributed by atoms with E-state index in [1.54, 1.807) is 37.3 Å². The van der Waals surface area contributed by atoms with E-state index in [1.165, 1.54) is 24.1 Å². The zero-order chi connectivity index (χ0) is 39.4. The first-order valence-electron chi connectivity index (χ1n) is 19.1. The van der Waals surface area contributed by atoms with Crippen LogP contribution in [0.5, 0.6) is 11.5 Å². The number of carbonyl (C=O) groups excluding carboxylic acids is 2. The molecule has 0 aromatic heterocycles. The predicted octanol–water partition coefficient (Wildman–Crippen LogP) is 7.08. The summed E-state index contributed by atoms with van der Waals surface area (Å²) < 4.78 is 39.5. The molecule has 6 atom stereocenters. The number of nitrogens with one attached hydrogen (secondary N) is 1. The molecule has 0 radical (unpaired) electrons. The van der Waals surface area contributed by atoms with Crippen LogP contribution in [0.25, 0.3) is 0 Å². The van der Waals surface area contributed by atoms with Gasteiger partial charge in [-0.05, 0) is 85.9 Å². The highest BCUT2D eigenvalue weighted by Gasteiger charge is 2.65. The van der Waals surface area contributed by atoms with E-state index in [1.807, 2.05) is 6.07 Å². The predicted molar refractivity (Wildman–Crippen MR) is 206 cm³/mol. The Hall–Kier alpha value is -4.17. The summed E-state index contributed by atoms with van der Waals surface area (Å²) in [7, 11) is 1.47. The van der Waals surface area contributed by atoms with E-state index in [0.717, 1.165) is 36.8 Å². The number of aliphatic hydroxyl groups excluding tert-OH is 2. The van der Waals surface area contributed by atoms with Crippen molar-refractivity contribution in [2.75, 3.05) is 46.0 Å². The zero-order valence-electron chi connectivity index (χ0n) is 31.6. The molecule has 2 aliphatic carbocycles. The molecule has 3 N–H and O–H groups in total. The van der Waals surface area contributed by atoms with Crippen LogP contribution in [-0.2, 0) is 20.9 Å². The maximum atomic E-state index is 14.2. The van der Waals surface area contributed by atoms with Crippen LogP contribution >= 0.6 is 11.6 Å². The summed E-state index contributed by atoms with van der Waals surface area (Å²) in [6.45, 7) is 6.28. The number of ether oxygens (including phenoxy) is 4. The van der Waals surface area contributed by atoms with Crippen LogP contribution < -0.4 is 14.8 Å². The minimum Gasteiger partial charge on any atom is -0.459 e. The van der Waals surface area contributed by atoms with Crippen LogP contribution in [0.1, 0.15) is 68.9 Å². The third-order valence-electron chi connectivity index (χ3n) is 10.6. The lowest BCUT2D eigenvalue weighted by molar-refractivity contribution is -0.256. The van der Waals surface area contributed by atoms with Gasteiger partial charge in [-0.3, -0.25) is 4.90 Å². The Labute approximate surface area is 327 Å². The van der Waals surface area contributed by atoms with E-state index in [-0.39, 0.29) is 63.0 Å². The molecular weight excluding hydrogens is 733 g/mol. The number of allylic oxidation sites excluding steroid dienone is 1. The van der Waals surface area contributed by atoms with Gasteiger partial charge in [-0.15, -0.1) is 18.2 Å². The molecule has 3 aliphatic rings. The Bertz CT molecular complexity index is 1670. The molecule has 1 aliphatic heterocycles. The van der Waals surface area contributed by atoms with Gasteiger partial charge in [0.1, 0.15) is 37.1 Å². The maximum Gasteiger partial charge on any atom is 0.412 e. The minimum absolute atomic E-state index is 0.0140. The number of hydrogen-bond donors (Lipinski definition) is 3. The fourth-order valence-corrected chi connectivity index (χ4v) is 8.48. The molecule has 1 heterocycles. The molecule has 300 valence electrons. The molecule has 14 heteroatoms. The van der Waals surface area contributed by atoms with Gasteiger partial charge in [0.15, 0.2) is 0 Å². The monoisotopic (exact) mass is 785 g/mol. The number of fused-ring (bicyclic) bond motifs is 2. The summed E-state index contributed by atoms with van der Waals surface area (Å²) in [5, 5.41) is 26.8. The van der Waals surface area contributed by atoms with Crippen LogP contribution in [0.15, 0.2) is 71.9 Å². The van der Waals surface area contributed by atoms with E-state index in [4.69, 9.17) is 35.4 Å². The zero-order valence-corrected chi connectivity index (χ0v) is 32.3. The average Bonchev–Trinajstić information content (AvgIpc) is 3.18. The number of oxime groups is 1. The van der Waals surface area contributed by atoms with E-state index >= 15 is 0 Å². The van der Waals surface area contributed by atoms with Crippen molar-refractivity contribution in [2.24, 2.45) is 22.9 Å². The van der Waals surface area contributed by atoms with Crippen molar-refractivity contribution in [1.82, 2.24) is 10.2 Å². The largest absolute Gasteiger partial charge is 0.459 e. The Morgan fingerprint density at radius 3 is 2.55 bits per heavy atom. The normalized spacial score (nSPS) is 24.4. The third kappa shape index (κ3) is 9.62. The van der Waals surface area contributed by atoms with Gasteiger partial charge in [-0.2, -0.15) is 0 Å². The molecular formula is C41H53ClFN3O9. The van der Waals surface area contributed by atoms with Crippen molar-refractivity contribution in [3.63, 3.8) is 0 Å². The van der Waals surface area contributed by atoms with Gasteiger partial charge in [-0.25, -0.2) is 14.0 Å². The molecule has 5 rings (SSSR count). The first kappa shape index (κ1) is 42.0. The highest BCUT2D eigenvalue weighted by Crippen LogP contribution is 2.62. The van der Waals surface area contributed by atoms with E-state index in [2.05, 4.69) is 23.1 Å². The molecule has 2 aromatic rings. The number of unbranched alkanes of at least 4 members (excludes halogenated alkanes) is 2. The summed E-state index contributed by atoms with van der Waals surface area (Å²) >= 11 is 5.99. The number of aliphatic hydroxyl groups is 2. The van der Waals surface area contributed by atoms with Crippen LogP contribution in [0, 0.1) is 23.6 Å². The minimum atomic E-state index is -1.54. The number of carbonyl (C=O) groups is 2. The number of hydrogen-bond acceptors (Lipinski definition) is 10. The Balaban J connectivity index is 1.78. The lowest BCUT2D eigenvalue weighted by atomic mass is 9.55. The molecule has 12 nitrogen and oxygen atoms in total. The quantitative estimate of drug-likeness (QED) is 0.0589. The first-order valence-corrected chi connectivity index (χ1v) is 19.6. The van der Waals surface area contributed by atoms with Crippen molar-refractivity contribution < 1.29 is 48.0 Å². The highest BCUT2D eigenvalue weighted by atomic mass is 35.5. The van der Waals surface area contributed by atoms with E-state index in [9.17, 15) is 24.2 Å². The van der Waals surface area contributed by atoms with Crippen LogP contribution in [0.2, 0.25) is 0 Å². The van der Waals surface area contributed by atoms with Crippen molar-refractivity contribution in [3.05, 3.63) is 83.7 Å². The fraction of sp³-hybridized carbons (Fsp3) is 0.537. The van der Waals surface area contributed by atoms with Gasteiger partial charge in [0, 0.05) is 44.2 Å². The van der Waals surface area contributed by atoms with Gasteiger partial charge < -0.3 is 39.3 Å². The van der Waals surface area contributed by atoms with Gasteiger partial charge in [0.25, 0.3) is 0 Å². The van der Waals surface area contributed by atoms with Crippen LogP contribution in [0.4, 0.5) is 14.0 Å². The van der Waals surface area contributed by atoms with Crippen LogP contribution in [0.3, 0.4) is 0 Å². The summed E-state index contributed by atoms with van der Waals surface area (Å²) in [4.78, 5) is 33.8. The van der Waals surface area contributed by atoms with Gasteiger partial charge in [-0.1, -0.05) is 42.3 Å². The fourth-order valence-electron chi connectivity index (χ4n) is 8.41. The molecule has 0 saturated heterocycles. The highest BCUT2D eigenvalue weighted by molar-refractivity contribution is 6.18. The SMILES string of the molecule is C=CCOC12Oc3ccc(OC(=O)NCC)cc3C3C(CCCCO)C(CCCCO)C=C(C(=NOC)CC1N(Cc1ccc(F)cc1)C(=O)OCCCl)C32. The number of amides is 2. The smallest absolute Gasteiger partial charge is 0.412 e.